The van der Waals surface area contributed by atoms with Crippen LogP contribution in [0.3, 0.4) is 0 Å². The molecule has 0 saturated carbocycles. The first-order valence-corrected chi connectivity index (χ1v) is 6.27. The van der Waals surface area contributed by atoms with Gasteiger partial charge in [0.15, 0.2) is 0 Å². The lowest BCUT2D eigenvalue weighted by atomic mass is 10.1. The molecule has 0 saturated heterocycles. The van der Waals surface area contributed by atoms with Crippen LogP contribution in [-0.4, -0.2) is 24.2 Å². The van der Waals surface area contributed by atoms with Gasteiger partial charge in [-0.25, -0.2) is 4.98 Å². The molecule has 0 aliphatic heterocycles. The Hall–Kier alpha value is -1.88. The fourth-order valence-corrected chi connectivity index (χ4v) is 2.08. The number of hydrogen-bond acceptors (Lipinski definition) is 4. The molecule has 2 rings (SSSR count). The van der Waals surface area contributed by atoms with Crippen LogP contribution in [0.25, 0.3) is 11.3 Å². The predicted octanol–water partition coefficient (Wildman–Crippen LogP) is 3.44. The molecule has 0 aliphatic rings. The van der Waals surface area contributed by atoms with Crippen molar-refractivity contribution in [3.8, 4) is 22.8 Å². The third-order valence-electron chi connectivity index (χ3n) is 2.96. The third-order valence-corrected chi connectivity index (χ3v) is 3.26. The highest BCUT2D eigenvalue weighted by Crippen LogP contribution is 2.29. The Balaban J connectivity index is 2.64. The van der Waals surface area contributed by atoms with E-state index in [4.69, 9.17) is 21.7 Å². The highest BCUT2D eigenvalue weighted by molar-refractivity contribution is 7.71. The number of aromatic amines is 1. The molecule has 0 fully saturated rings. The van der Waals surface area contributed by atoms with E-state index in [9.17, 15) is 0 Å². The van der Waals surface area contributed by atoms with Crippen LogP contribution in [0.15, 0.2) is 18.2 Å². The molecule has 0 spiro atoms. The van der Waals surface area contributed by atoms with Crippen molar-refractivity contribution in [2.75, 3.05) is 14.2 Å². The Bertz CT molecular complexity index is 643. The Kier molecular flexibility index (Phi) is 3.85. The van der Waals surface area contributed by atoms with Gasteiger partial charge >= 0.3 is 0 Å². The average Bonchev–Trinajstić information content (AvgIpc) is 2.42. The number of hydrogen-bond donors (Lipinski definition) is 1. The summed E-state index contributed by atoms with van der Waals surface area (Å²) in [5.74, 6) is 1.42. The van der Waals surface area contributed by atoms with Crippen LogP contribution in [0, 0.1) is 18.5 Å². The smallest absolute Gasteiger partial charge is 0.130 e. The Morgan fingerprint density at radius 3 is 2.16 bits per heavy atom. The zero-order valence-electron chi connectivity index (χ0n) is 11.4. The first-order chi connectivity index (χ1) is 9.05. The molecule has 0 atom stereocenters. The number of benzene rings is 1. The minimum atomic E-state index is 0.610. The minimum absolute atomic E-state index is 0.610. The highest BCUT2D eigenvalue weighted by atomic mass is 32.1. The second-order valence-corrected chi connectivity index (χ2v) is 4.63. The summed E-state index contributed by atoms with van der Waals surface area (Å²) in [5, 5.41) is 0. The van der Waals surface area contributed by atoms with Crippen molar-refractivity contribution in [3.63, 3.8) is 0 Å². The van der Waals surface area contributed by atoms with Gasteiger partial charge in [-0.05, 0) is 26.0 Å². The van der Waals surface area contributed by atoms with Gasteiger partial charge in [-0.1, -0.05) is 12.2 Å². The summed E-state index contributed by atoms with van der Waals surface area (Å²) in [6.07, 6.45) is 0. The van der Waals surface area contributed by atoms with Crippen molar-refractivity contribution in [1.82, 2.24) is 9.97 Å². The molecule has 5 heteroatoms. The summed E-state index contributed by atoms with van der Waals surface area (Å²) in [4.78, 5) is 7.70. The minimum Gasteiger partial charge on any atom is -0.497 e. The summed E-state index contributed by atoms with van der Waals surface area (Å²) < 4.78 is 11.1. The number of rotatable bonds is 3. The zero-order chi connectivity index (χ0) is 14.0. The molecule has 0 unspecified atom stereocenters. The van der Waals surface area contributed by atoms with Crippen LogP contribution in [0.4, 0.5) is 0 Å². The van der Waals surface area contributed by atoms with Gasteiger partial charge in [-0.15, -0.1) is 0 Å². The summed E-state index contributed by atoms with van der Waals surface area (Å²) in [5.41, 5.74) is 3.50. The molecule has 19 heavy (non-hydrogen) atoms. The fraction of sp³-hybridized carbons (Fsp3) is 0.286. The third kappa shape index (κ3) is 2.76. The van der Waals surface area contributed by atoms with Gasteiger partial charge in [-0.3, -0.25) is 0 Å². The molecule has 0 amide bonds. The van der Waals surface area contributed by atoms with Gasteiger partial charge in [0, 0.05) is 17.3 Å². The molecule has 0 radical (unpaired) electrons. The van der Waals surface area contributed by atoms with Crippen molar-refractivity contribution in [1.29, 1.82) is 0 Å². The lowest BCUT2D eigenvalue weighted by Gasteiger charge is -2.09. The van der Waals surface area contributed by atoms with Crippen molar-refractivity contribution >= 4 is 12.2 Å². The molecular weight excluding hydrogens is 260 g/mol. The van der Waals surface area contributed by atoms with E-state index in [-0.39, 0.29) is 0 Å². The molecule has 1 aromatic carbocycles. The van der Waals surface area contributed by atoms with E-state index in [2.05, 4.69) is 9.97 Å². The predicted molar refractivity (Wildman–Crippen MR) is 77.4 cm³/mol. The summed E-state index contributed by atoms with van der Waals surface area (Å²) in [6.45, 7) is 3.90. The van der Waals surface area contributed by atoms with Gasteiger partial charge in [0.1, 0.15) is 21.8 Å². The first kappa shape index (κ1) is 13.5. The number of aromatic nitrogens is 2. The molecule has 1 N–H and O–H groups in total. The maximum absolute atomic E-state index is 5.34. The van der Waals surface area contributed by atoms with E-state index in [0.717, 1.165) is 22.6 Å². The SMILES string of the molecule is COc1cc(OC)cc(-c2nc(C)c(C)[nH]c2=S)c1. The molecule has 0 aliphatic carbocycles. The van der Waals surface area contributed by atoms with E-state index in [1.807, 2.05) is 32.0 Å². The molecule has 1 aromatic heterocycles. The number of methoxy groups -OCH3 is 2. The van der Waals surface area contributed by atoms with Gasteiger partial charge in [0.2, 0.25) is 0 Å². The molecule has 0 bridgehead atoms. The summed E-state index contributed by atoms with van der Waals surface area (Å²) >= 11 is 5.34. The monoisotopic (exact) mass is 276 g/mol. The number of ether oxygens (including phenoxy) is 2. The Morgan fingerprint density at radius 2 is 1.63 bits per heavy atom. The molecular formula is C14H16N2O2S. The normalized spacial score (nSPS) is 10.3. The second-order valence-electron chi connectivity index (χ2n) is 4.23. The van der Waals surface area contributed by atoms with Crippen molar-refractivity contribution in [2.24, 2.45) is 0 Å². The Morgan fingerprint density at radius 1 is 1.05 bits per heavy atom. The number of nitrogens with one attached hydrogen (secondary N) is 1. The van der Waals surface area contributed by atoms with Gasteiger partial charge in [0.25, 0.3) is 0 Å². The summed E-state index contributed by atoms with van der Waals surface area (Å²) in [7, 11) is 3.24. The Labute approximate surface area is 117 Å². The van der Waals surface area contributed by atoms with Crippen LogP contribution >= 0.6 is 12.2 Å². The largest absolute Gasteiger partial charge is 0.497 e. The lowest BCUT2D eigenvalue weighted by Crippen LogP contribution is -1.97. The van der Waals surface area contributed by atoms with Gasteiger partial charge < -0.3 is 14.5 Å². The van der Waals surface area contributed by atoms with E-state index in [1.54, 1.807) is 14.2 Å². The van der Waals surface area contributed by atoms with E-state index < -0.39 is 0 Å². The van der Waals surface area contributed by atoms with E-state index in [0.29, 0.717) is 16.1 Å². The topological polar surface area (TPSA) is 47.1 Å². The number of nitrogens with zero attached hydrogens (tertiary/aromatic N) is 1. The highest BCUT2D eigenvalue weighted by Gasteiger charge is 2.09. The number of aryl methyl sites for hydroxylation is 2. The van der Waals surface area contributed by atoms with Crippen molar-refractivity contribution in [3.05, 3.63) is 34.2 Å². The van der Waals surface area contributed by atoms with E-state index in [1.165, 1.54) is 0 Å². The van der Waals surface area contributed by atoms with Gasteiger partial charge in [-0.2, -0.15) is 0 Å². The maximum Gasteiger partial charge on any atom is 0.130 e. The van der Waals surface area contributed by atoms with Crippen LogP contribution in [0.2, 0.25) is 0 Å². The quantitative estimate of drug-likeness (QED) is 0.872. The van der Waals surface area contributed by atoms with Crippen LogP contribution in [-0.2, 0) is 0 Å². The average molecular weight is 276 g/mol. The number of H-pyrrole nitrogens is 1. The van der Waals surface area contributed by atoms with Crippen molar-refractivity contribution in [2.45, 2.75) is 13.8 Å². The second kappa shape index (κ2) is 5.40. The molecule has 4 nitrogen and oxygen atoms in total. The first-order valence-electron chi connectivity index (χ1n) is 5.86. The standard InChI is InChI=1S/C14H16N2O2S/c1-8-9(2)16-14(19)13(15-8)10-5-11(17-3)7-12(6-10)18-4/h5-7H,1-4H3,(H,16,19). The van der Waals surface area contributed by atoms with Crippen molar-refractivity contribution < 1.29 is 9.47 Å². The summed E-state index contributed by atoms with van der Waals surface area (Å²) in [6, 6.07) is 5.60. The molecule has 100 valence electrons. The van der Waals surface area contributed by atoms with Crippen LogP contribution in [0.1, 0.15) is 11.4 Å². The van der Waals surface area contributed by atoms with Crippen LogP contribution in [0.5, 0.6) is 11.5 Å². The maximum atomic E-state index is 5.34. The molecule has 2 aromatic rings. The van der Waals surface area contributed by atoms with E-state index >= 15 is 0 Å². The zero-order valence-corrected chi connectivity index (χ0v) is 12.2. The van der Waals surface area contributed by atoms with Gasteiger partial charge in [0.05, 0.1) is 19.9 Å². The molecule has 1 heterocycles. The fourth-order valence-electron chi connectivity index (χ4n) is 1.76. The lowest BCUT2D eigenvalue weighted by molar-refractivity contribution is 0.394. The van der Waals surface area contributed by atoms with Crippen LogP contribution < -0.4 is 9.47 Å².